The predicted octanol–water partition coefficient (Wildman–Crippen LogP) is 4.76. The molecule has 0 spiro atoms. The van der Waals surface area contributed by atoms with Gasteiger partial charge in [-0.25, -0.2) is 0 Å². The molecular weight excluding hydrogens is 326 g/mol. The van der Waals surface area contributed by atoms with E-state index in [0.29, 0.717) is 10.7 Å². The van der Waals surface area contributed by atoms with Crippen molar-refractivity contribution in [1.82, 2.24) is 9.78 Å². The van der Waals surface area contributed by atoms with Crippen LogP contribution in [0.15, 0.2) is 12.3 Å². The van der Waals surface area contributed by atoms with Crippen molar-refractivity contribution in [3.63, 3.8) is 0 Å². The van der Waals surface area contributed by atoms with Gasteiger partial charge in [-0.05, 0) is 42.6 Å². The molecule has 0 fully saturated rings. The smallest absolute Gasteiger partial charge is 0.191 e. The molecule has 0 bridgehead atoms. The van der Waals surface area contributed by atoms with Crippen molar-refractivity contribution in [3.05, 3.63) is 22.8 Å². The van der Waals surface area contributed by atoms with Crippen molar-refractivity contribution in [3.8, 4) is 0 Å². The Hall–Kier alpha value is -1.04. The summed E-state index contributed by atoms with van der Waals surface area (Å²) in [4.78, 5) is 0. The number of aromatic nitrogens is 2. The fourth-order valence-electron chi connectivity index (χ4n) is 2.39. The van der Waals surface area contributed by atoms with Crippen LogP contribution in [-0.4, -0.2) is 24.7 Å². The molecule has 0 aliphatic rings. The number of anilines is 1. The lowest BCUT2D eigenvalue weighted by Crippen LogP contribution is -2.41. The van der Waals surface area contributed by atoms with Gasteiger partial charge in [0.2, 0.25) is 0 Å². The lowest BCUT2D eigenvalue weighted by atomic mass is 10.0. The molecule has 0 saturated carbocycles. The first-order valence-corrected chi connectivity index (χ1v) is 11.4. The molecule has 2 aromatic rings. The van der Waals surface area contributed by atoms with Crippen LogP contribution in [0.3, 0.4) is 0 Å². The van der Waals surface area contributed by atoms with Crippen molar-refractivity contribution >= 4 is 36.5 Å². The topological polar surface area (TPSA) is 53.1 Å². The highest BCUT2D eigenvalue weighted by Crippen LogP contribution is 2.37. The summed E-state index contributed by atoms with van der Waals surface area (Å²) in [6.07, 6.45) is 3.79. The number of rotatable bonds is 5. The molecule has 0 atom stereocenters. The minimum atomic E-state index is -1.69. The number of nitrogens with zero attached hydrogens (tertiary/aromatic N) is 2. The number of hydrogen-bond acceptors (Lipinski definition) is 3. The number of fused-ring (bicyclic) bond motifs is 1. The first-order valence-electron chi connectivity index (χ1n) is 8.07. The molecule has 128 valence electrons. The van der Waals surface area contributed by atoms with Gasteiger partial charge < -0.3 is 10.2 Å². The second-order valence-electron chi connectivity index (χ2n) is 7.70. The van der Waals surface area contributed by atoms with E-state index >= 15 is 0 Å². The van der Waals surface area contributed by atoms with E-state index in [1.165, 1.54) is 0 Å². The van der Waals surface area contributed by atoms with Crippen LogP contribution < -0.4 is 5.73 Å². The average molecular weight is 354 g/mol. The van der Waals surface area contributed by atoms with Gasteiger partial charge in [-0.2, -0.15) is 5.10 Å². The second kappa shape index (κ2) is 6.46. The number of aryl methyl sites for hydroxylation is 2. The van der Waals surface area contributed by atoms with Crippen LogP contribution in [0, 0.1) is 0 Å². The molecule has 4 nitrogen and oxygen atoms in total. The highest BCUT2D eigenvalue weighted by molar-refractivity contribution is 6.74. The van der Waals surface area contributed by atoms with Crippen molar-refractivity contribution in [2.45, 2.75) is 51.7 Å². The molecule has 0 saturated heterocycles. The Kier molecular flexibility index (Phi) is 5.14. The van der Waals surface area contributed by atoms with E-state index in [1.54, 1.807) is 4.68 Å². The maximum absolute atomic E-state index is 6.25. The van der Waals surface area contributed by atoms with E-state index in [9.17, 15) is 0 Å². The van der Waals surface area contributed by atoms with E-state index in [-0.39, 0.29) is 5.04 Å². The predicted molar refractivity (Wildman–Crippen MR) is 102 cm³/mol. The number of benzene rings is 1. The fraction of sp³-hybridized carbons (Fsp3) is 0.588. The summed E-state index contributed by atoms with van der Waals surface area (Å²) < 4.78 is 8.05. The molecular formula is C17H28ClN3OSi. The Morgan fingerprint density at radius 2 is 2.00 bits per heavy atom. The molecule has 2 N–H and O–H groups in total. The molecule has 0 radical (unpaired) electrons. The second-order valence-corrected chi connectivity index (χ2v) is 12.9. The zero-order chi connectivity index (χ0) is 17.4. The summed E-state index contributed by atoms with van der Waals surface area (Å²) in [7, 11) is 0.220. The number of halogens is 1. The normalized spacial score (nSPS) is 13.0. The van der Waals surface area contributed by atoms with Gasteiger partial charge in [0.05, 0.1) is 16.2 Å². The van der Waals surface area contributed by atoms with Crippen molar-refractivity contribution in [1.29, 1.82) is 0 Å². The van der Waals surface area contributed by atoms with Crippen molar-refractivity contribution in [2.24, 2.45) is 7.05 Å². The third-order valence-electron chi connectivity index (χ3n) is 4.87. The van der Waals surface area contributed by atoms with E-state index < -0.39 is 8.32 Å². The minimum absolute atomic E-state index is 0.235. The molecule has 0 aliphatic heterocycles. The fourth-order valence-corrected chi connectivity index (χ4v) is 3.70. The summed E-state index contributed by atoms with van der Waals surface area (Å²) in [5, 5.41) is 6.33. The lowest BCUT2D eigenvalue weighted by molar-refractivity contribution is 0.283. The first-order chi connectivity index (χ1) is 10.5. The average Bonchev–Trinajstić information content (AvgIpc) is 2.77. The van der Waals surface area contributed by atoms with Gasteiger partial charge in [0.25, 0.3) is 0 Å². The third-order valence-corrected chi connectivity index (χ3v) is 9.72. The Morgan fingerprint density at radius 1 is 1.35 bits per heavy atom. The Labute approximate surface area is 145 Å². The van der Waals surface area contributed by atoms with E-state index in [0.717, 1.165) is 35.9 Å². The quantitative estimate of drug-likeness (QED) is 0.478. The van der Waals surface area contributed by atoms with Crippen molar-refractivity contribution < 1.29 is 4.43 Å². The molecule has 0 amide bonds. The maximum atomic E-state index is 6.25. The summed E-state index contributed by atoms with van der Waals surface area (Å²) in [6.45, 7) is 12.1. The minimum Gasteiger partial charge on any atom is -0.417 e. The van der Waals surface area contributed by atoms with Gasteiger partial charge in [-0.1, -0.05) is 32.4 Å². The molecule has 1 aromatic heterocycles. The van der Waals surface area contributed by atoms with Gasteiger partial charge >= 0.3 is 0 Å². The zero-order valence-electron chi connectivity index (χ0n) is 15.0. The molecule has 0 unspecified atom stereocenters. The van der Waals surface area contributed by atoms with Crippen LogP contribution >= 0.6 is 11.6 Å². The number of nitrogen functional groups attached to an aromatic ring is 1. The van der Waals surface area contributed by atoms with Crippen LogP contribution in [0.1, 0.15) is 32.8 Å². The van der Waals surface area contributed by atoms with Crippen LogP contribution in [0.4, 0.5) is 5.69 Å². The molecule has 1 heterocycles. The van der Waals surface area contributed by atoms with Crippen LogP contribution in [0.5, 0.6) is 0 Å². The van der Waals surface area contributed by atoms with E-state index in [1.807, 2.05) is 19.3 Å². The molecule has 23 heavy (non-hydrogen) atoms. The van der Waals surface area contributed by atoms with Crippen LogP contribution in [0.25, 0.3) is 10.9 Å². The van der Waals surface area contributed by atoms with Gasteiger partial charge in [-0.15, -0.1) is 0 Å². The third kappa shape index (κ3) is 3.90. The molecule has 0 aliphatic carbocycles. The zero-order valence-corrected chi connectivity index (χ0v) is 16.8. The molecule has 2 rings (SSSR count). The largest absolute Gasteiger partial charge is 0.417 e. The molecule has 6 heteroatoms. The van der Waals surface area contributed by atoms with Crippen LogP contribution in [0.2, 0.25) is 23.2 Å². The van der Waals surface area contributed by atoms with Gasteiger partial charge in [0.1, 0.15) is 0 Å². The van der Waals surface area contributed by atoms with Crippen molar-refractivity contribution in [2.75, 3.05) is 12.3 Å². The Morgan fingerprint density at radius 3 is 2.61 bits per heavy atom. The molecule has 1 aromatic carbocycles. The summed E-state index contributed by atoms with van der Waals surface area (Å²) in [5.74, 6) is 0. The standard InChI is InChI=1S/C17H28ClN3OSi/c1-17(2,3)23(5,6)22-9-7-8-12-13-11-21(4)20-15(13)10-14(18)16(12)19/h10-11H,7-9,19H2,1-6H3. The number of hydrogen-bond donors (Lipinski definition) is 1. The highest BCUT2D eigenvalue weighted by Gasteiger charge is 2.36. The Bertz CT molecular complexity index is 704. The highest BCUT2D eigenvalue weighted by atomic mass is 35.5. The maximum Gasteiger partial charge on any atom is 0.191 e. The Balaban J connectivity index is 2.10. The lowest BCUT2D eigenvalue weighted by Gasteiger charge is -2.36. The van der Waals surface area contributed by atoms with Gasteiger partial charge in [-0.3, -0.25) is 4.68 Å². The van der Waals surface area contributed by atoms with E-state index in [4.69, 9.17) is 21.8 Å². The number of nitrogens with two attached hydrogens (primary N) is 1. The summed E-state index contributed by atoms with van der Waals surface area (Å²) in [6, 6.07) is 1.84. The van der Waals surface area contributed by atoms with Crippen LogP contribution in [-0.2, 0) is 17.9 Å². The summed E-state index contributed by atoms with van der Waals surface area (Å²) in [5.41, 5.74) is 8.84. The monoisotopic (exact) mass is 353 g/mol. The van der Waals surface area contributed by atoms with E-state index in [2.05, 4.69) is 39.0 Å². The SMILES string of the molecule is Cn1cc2c(CCCO[Si](C)(C)C(C)(C)C)c(N)c(Cl)cc2n1. The van der Waals surface area contributed by atoms with Gasteiger partial charge in [0.15, 0.2) is 8.32 Å². The van der Waals surface area contributed by atoms with Gasteiger partial charge in [0, 0.05) is 25.2 Å². The first kappa shape index (κ1) is 18.3. The summed E-state index contributed by atoms with van der Waals surface area (Å²) >= 11 is 6.25.